The third-order valence-corrected chi connectivity index (χ3v) is 6.37. The average molecular weight is 486 g/mol. The van der Waals surface area contributed by atoms with Crippen LogP contribution in [0.15, 0.2) is 54.6 Å². The van der Waals surface area contributed by atoms with Crippen molar-refractivity contribution in [2.75, 3.05) is 11.9 Å². The van der Waals surface area contributed by atoms with Gasteiger partial charge in [-0.2, -0.15) is 0 Å². The lowest BCUT2D eigenvalue weighted by atomic mass is 9.98. The molecule has 4 rings (SSSR count). The van der Waals surface area contributed by atoms with Gasteiger partial charge in [0.2, 0.25) is 0 Å². The first kappa shape index (κ1) is 23.5. The van der Waals surface area contributed by atoms with Crippen LogP contribution in [-0.2, 0) is 13.1 Å². The number of carbonyl (C=O) groups excluding carboxylic acids is 2. The van der Waals surface area contributed by atoms with Crippen LogP contribution in [0.2, 0.25) is 5.02 Å². The van der Waals surface area contributed by atoms with Gasteiger partial charge in [-0.05, 0) is 42.8 Å². The zero-order valence-corrected chi connectivity index (χ0v) is 19.2. The van der Waals surface area contributed by atoms with E-state index in [4.69, 9.17) is 11.6 Å². The molecular formula is C25H22ClF2N3O3. The highest BCUT2D eigenvalue weighted by molar-refractivity contribution is 6.31. The Bertz CT molecular complexity index is 1260. The van der Waals surface area contributed by atoms with Crippen molar-refractivity contribution in [3.63, 3.8) is 0 Å². The summed E-state index contributed by atoms with van der Waals surface area (Å²) >= 11 is 6.19. The summed E-state index contributed by atoms with van der Waals surface area (Å²) in [6.45, 7) is 1.73. The van der Waals surface area contributed by atoms with E-state index in [0.717, 1.165) is 11.6 Å². The highest BCUT2D eigenvalue weighted by Gasteiger charge is 2.34. The molecule has 6 nitrogen and oxygen atoms in total. The van der Waals surface area contributed by atoms with Crippen LogP contribution in [0.3, 0.4) is 0 Å². The van der Waals surface area contributed by atoms with Crippen molar-refractivity contribution in [2.24, 2.45) is 0 Å². The summed E-state index contributed by atoms with van der Waals surface area (Å²) < 4.78 is 27.7. The number of benzene rings is 3. The van der Waals surface area contributed by atoms with Gasteiger partial charge in [-0.1, -0.05) is 29.8 Å². The standard InChI is InChI=1S/C25H22ClF2N3O3/c1-14-18-9-7-15(24(33)29-12-16-6-8-17(27)11-23(16)32)10-22(18)31(25(34)30(14)2)13-19-20(26)4-3-5-21(19)28/h3-11,14,32H,12-13H2,1-2H3,(H,29,33)/t14-/m0/s1. The van der Waals surface area contributed by atoms with Crippen molar-refractivity contribution in [2.45, 2.75) is 26.1 Å². The first-order valence-electron chi connectivity index (χ1n) is 10.5. The number of nitrogens with one attached hydrogen (secondary N) is 1. The summed E-state index contributed by atoms with van der Waals surface area (Å²) in [5.74, 6) is -1.83. The van der Waals surface area contributed by atoms with Gasteiger partial charge in [-0.15, -0.1) is 0 Å². The number of hydrogen-bond acceptors (Lipinski definition) is 3. The van der Waals surface area contributed by atoms with E-state index in [-0.39, 0.29) is 47.1 Å². The topological polar surface area (TPSA) is 72.9 Å². The van der Waals surface area contributed by atoms with Gasteiger partial charge in [0.25, 0.3) is 5.91 Å². The molecule has 0 spiro atoms. The number of anilines is 1. The van der Waals surface area contributed by atoms with E-state index in [2.05, 4.69) is 5.32 Å². The second kappa shape index (κ2) is 9.30. The Kier molecular flexibility index (Phi) is 6.43. The molecule has 0 saturated carbocycles. The minimum Gasteiger partial charge on any atom is -0.507 e. The number of hydrogen-bond donors (Lipinski definition) is 2. The summed E-state index contributed by atoms with van der Waals surface area (Å²) in [5, 5.41) is 12.7. The van der Waals surface area contributed by atoms with Crippen LogP contribution in [0.5, 0.6) is 5.75 Å². The van der Waals surface area contributed by atoms with Gasteiger partial charge in [0.05, 0.1) is 18.3 Å². The maximum absolute atomic E-state index is 14.5. The number of carbonyl (C=O) groups is 2. The van der Waals surface area contributed by atoms with Crippen molar-refractivity contribution >= 4 is 29.2 Å². The Labute approximate surface area is 200 Å². The van der Waals surface area contributed by atoms with Crippen molar-refractivity contribution in [1.29, 1.82) is 0 Å². The number of fused-ring (bicyclic) bond motifs is 1. The van der Waals surface area contributed by atoms with Crippen LogP contribution in [0, 0.1) is 11.6 Å². The predicted octanol–water partition coefficient (Wildman–Crippen LogP) is 5.39. The third kappa shape index (κ3) is 4.41. The molecule has 176 valence electrons. The number of phenols is 1. The second-order valence-electron chi connectivity index (χ2n) is 8.09. The Balaban J connectivity index is 1.64. The van der Waals surface area contributed by atoms with Gasteiger partial charge < -0.3 is 15.3 Å². The molecule has 0 aliphatic carbocycles. The number of phenolic OH excluding ortho intramolecular Hbond substituents is 1. The quantitative estimate of drug-likeness (QED) is 0.509. The zero-order valence-electron chi connectivity index (χ0n) is 18.5. The van der Waals surface area contributed by atoms with Crippen LogP contribution in [-0.4, -0.2) is 29.0 Å². The third-order valence-electron chi connectivity index (χ3n) is 6.01. The smallest absolute Gasteiger partial charge is 0.325 e. The molecular weight excluding hydrogens is 464 g/mol. The van der Waals surface area contributed by atoms with Crippen LogP contribution >= 0.6 is 11.6 Å². The summed E-state index contributed by atoms with van der Waals surface area (Å²) in [7, 11) is 1.65. The molecule has 1 heterocycles. The van der Waals surface area contributed by atoms with E-state index >= 15 is 0 Å². The minimum atomic E-state index is -0.582. The van der Waals surface area contributed by atoms with Gasteiger partial charge in [0, 0.05) is 41.4 Å². The van der Waals surface area contributed by atoms with Gasteiger partial charge in [0.15, 0.2) is 0 Å². The largest absolute Gasteiger partial charge is 0.507 e. The van der Waals surface area contributed by atoms with E-state index in [1.54, 1.807) is 31.3 Å². The van der Waals surface area contributed by atoms with E-state index < -0.39 is 17.5 Å². The lowest BCUT2D eigenvalue weighted by molar-refractivity contribution is 0.0950. The lowest BCUT2D eigenvalue weighted by Gasteiger charge is -2.39. The molecule has 0 radical (unpaired) electrons. The van der Waals surface area contributed by atoms with Gasteiger partial charge >= 0.3 is 6.03 Å². The number of aromatic hydroxyl groups is 1. The summed E-state index contributed by atoms with van der Waals surface area (Å²) in [6.07, 6.45) is 0. The maximum atomic E-state index is 14.5. The van der Waals surface area contributed by atoms with Gasteiger partial charge in [-0.3, -0.25) is 9.69 Å². The summed E-state index contributed by atoms with van der Waals surface area (Å²) in [4.78, 5) is 28.9. The summed E-state index contributed by atoms with van der Waals surface area (Å²) in [6, 6.07) is 12.2. The molecule has 34 heavy (non-hydrogen) atoms. The molecule has 0 fully saturated rings. The molecule has 0 unspecified atom stereocenters. The maximum Gasteiger partial charge on any atom is 0.325 e. The van der Waals surface area contributed by atoms with Crippen LogP contribution < -0.4 is 10.2 Å². The van der Waals surface area contributed by atoms with Crippen molar-refractivity contribution < 1.29 is 23.5 Å². The Morgan fingerprint density at radius 3 is 2.62 bits per heavy atom. The second-order valence-corrected chi connectivity index (χ2v) is 8.49. The molecule has 1 atom stereocenters. The fourth-order valence-corrected chi connectivity index (χ4v) is 4.12. The molecule has 9 heteroatoms. The number of urea groups is 1. The molecule has 3 aromatic rings. The van der Waals surface area contributed by atoms with Crippen LogP contribution in [0.1, 0.15) is 40.0 Å². The van der Waals surface area contributed by atoms with E-state index in [1.807, 2.05) is 6.92 Å². The SMILES string of the molecule is C[C@H]1c2ccc(C(=O)NCc3ccc(F)cc3O)cc2N(Cc2c(F)cccc2Cl)C(=O)N1C. The van der Waals surface area contributed by atoms with Crippen molar-refractivity contribution in [3.05, 3.63) is 93.5 Å². The van der Waals surface area contributed by atoms with Gasteiger partial charge in [0.1, 0.15) is 17.4 Å². The Hall–Kier alpha value is -3.65. The molecule has 0 aromatic heterocycles. The predicted molar refractivity (Wildman–Crippen MR) is 125 cm³/mol. The minimum absolute atomic E-state index is 0.0192. The van der Waals surface area contributed by atoms with Crippen LogP contribution in [0.4, 0.5) is 19.3 Å². The monoisotopic (exact) mass is 485 g/mol. The van der Waals surface area contributed by atoms with Gasteiger partial charge in [-0.25, -0.2) is 13.6 Å². The lowest BCUT2D eigenvalue weighted by Crippen LogP contribution is -2.46. The zero-order chi connectivity index (χ0) is 24.6. The molecule has 0 saturated heterocycles. The first-order chi connectivity index (χ1) is 16.2. The average Bonchev–Trinajstić information content (AvgIpc) is 2.81. The normalized spacial score (nSPS) is 15.3. The van der Waals surface area contributed by atoms with E-state index in [9.17, 15) is 23.5 Å². The van der Waals surface area contributed by atoms with E-state index in [0.29, 0.717) is 11.3 Å². The number of halogens is 3. The van der Waals surface area contributed by atoms with Crippen LogP contribution in [0.25, 0.3) is 0 Å². The van der Waals surface area contributed by atoms with Crippen molar-refractivity contribution in [1.82, 2.24) is 10.2 Å². The Morgan fingerprint density at radius 1 is 1.15 bits per heavy atom. The molecule has 2 N–H and O–H groups in total. The number of nitrogens with zero attached hydrogens (tertiary/aromatic N) is 2. The molecule has 1 aliphatic rings. The molecule has 3 amide bonds. The number of rotatable bonds is 5. The highest BCUT2D eigenvalue weighted by atomic mass is 35.5. The molecule has 3 aromatic carbocycles. The van der Waals surface area contributed by atoms with Crippen molar-refractivity contribution in [3.8, 4) is 5.75 Å². The Morgan fingerprint density at radius 2 is 1.91 bits per heavy atom. The fourth-order valence-electron chi connectivity index (χ4n) is 3.90. The van der Waals surface area contributed by atoms with E-state index in [1.165, 1.54) is 34.1 Å². The fraction of sp³-hybridized carbons (Fsp3) is 0.200. The molecule has 1 aliphatic heterocycles. The number of amides is 3. The first-order valence-corrected chi connectivity index (χ1v) is 10.9. The summed E-state index contributed by atoms with van der Waals surface area (Å²) in [5.41, 5.74) is 2.08. The highest BCUT2D eigenvalue weighted by Crippen LogP contribution is 2.38. The molecule has 0 bridgehead atoms.